The number of primary sulfonamides is 1. The van der Waals surface area contributed by atoms with Crippen LogP contribution in [0.5, 0.6) is 0 Å². The van der Waals surface area contributed by atoms with Gasteiger partial charge in [-0.1, -0.05) is 0 Å². The third kappa shape index (κ3) is 5.55. The Bertz CT molecular complexity index is 609. The smallest absolute Gasteiger partial charge is 0.240 e. The maximum absolute atomic E-state index is 11.5. The highest BCUT2D eigenvalue weighted by atomic mass is 32.2. The van der Waals surface area contributed by atoms with Crippen LogP contribution in [0.4, 0.5) is 5.69 Å². The molecule has 0 aliphatic heterocycles. The fourth-order valence-electron chi connectivity index (χ4n) is 1.38. The van der Waals surface area contributed by atoms with Gasteiger partial charge >= 0.3 is 0 Å². The first kappa shape index (κ1) is 15.9. The van der Waals surface area contributed by atoms with E-state index in [0.717, 1.165) is 0 Å². The van der Waals surface area contributed by atoms with Crippen molar-refractivity contribution in [1.82, 2.24) is 4.72 Å². The molecule has 0 radical (unpaired) electrons. The molecule has 0 amide bonds. The summed E-state index contributed by atoms with van der Waals surface area (Å²) in [6.45, 7) is 0.439. The number of rotatable bonds is 7. The molecule has 9 heteroatoms. The average molecular weight is 307 g/mol. The molecule has 0 aliphatic rings. The number of benzene rings is 1. The van der Waals surface area contributed by atoms with Crippen LogP contribution in [0.1, 0.15) is 6.42 Å². The molecule has 0 saturated carbocycles. The molecule has 0 saturated heterocycles. The van der Waals surface area contributed by atoms with E-state index >= 15 is 0 Å². The first-order chi connectivity index (χ1) is 8.74. The summed E-state index contributed by atoms with van der Waals surface area (Å²) in [7, 11) is -5.53. The van der Waals surface area contributed by atoms with Crippen LogP contribution in [0.15, 0.2) is 29.2 Å². The van der Waals surface area contributed by atoms with Crippen LogP contribution in [-0.2, 0) is 20.0 Å². The highest BCUT2D eigenvalue weighted by Gasteiger charge is 2.10. The molecule has 1 rings (SSSR count). The van der Waals surface area contributed by atoms with Crippen molar-refractivity contribution in [3.05, 3.63) is 24.3 Å². The van der Waals surface area contributed by atoms with E-state index in [1.165, 1.54) is 19.2 Å². The minimum Gasteiger partial charge on any atom is -0.385 e. The van der Waals surface area contributed by atoms with Gasteiger partial charge in [0.05, 0.1) is 10.6 Å². The Balaban J connectivity index is 2.54. The maximum atomic E-state index is 11.5. The van der Waals surface area contributed by atoms with Crippen molar-refractivity contribution >= 4 is 25.7 Å². The van der Waals surface area contributed by atoms with Gasteiger partial charge in [-0.15, -0.1) is 0 Å². The SMILES string of the molecule is CNS(=O)(=O)c1ccc(NCCCS(N)(=O)=O)cc1. The molecule has 0 aromatic heterocycles. The second kappa shape index (κ2) is 6.33. The van der Waals surface area contributed by atoms with E-state index in [-0.39, 0.29) is 10.6 Å². The molecule has 1 aromatic rings. The van der Waals surface area contributed by atoms with Crippen molar-refractivity contribution < 1.29 is 16.8 Å². The molecule has 0 aliphatic carbocycles. The molecule has 19 heavy (non-hydrogen) atoms. The quantitative estimate of drug-likeness (QED) is 0.597. The Hall–Kier alpha value is -1.16. The van der Waals surface area contributed by atoms with E-state index < -0.39 is 20.0 Å². The van der Waals surface area contributed by atoms with Crippen molar-refractivity contribution in [2.45, 2.75) is 11.3 Å². The van der Waals surface area contributed by atoms with E-state index in [0.29, 0.717) is 18.7 Å². The lowest BCUT2D eigenvalue weighted by Crippen LogP contribution is -2.19. The van der Waals surface area contributed by atoms with E-state index in [9.17, 15) is 16.8 Å². The number of nitrogens with two attached hydrogens (primary N) is 1. The lowest BCUT2D eigenvalue weighted by Gasteiger charge is -2.07. The van der Waals surface area contributed by atoms with Gasteiger partial charge in [0.15, 0.2) is 0 Å². The normalized spacial score (nSPS) is 12.3. The minimum absolute atomic E-state index is 0.0911. The zero-order valence-electron chi connectivity index (χ0n) is 10.5. The van der Waals surface area contributed by atoms with E-state index in [4.69, 9.17) is 5.14 Å². The zero-order chi connectivity index (χ0) is 14.5. The van der Waals surface area contributed by atoms with Gasteiger partial charge in [0.2, 0.25) is 20.0 Å². The minimum atomic E-state index is -3.44. The standard InChI is InChI=1S/C10H17N3O4S2/c1-12-19(16,17)10-5-3-9(4-6-10)13-7-2-8-18(11,14)15/h3-6,12-13H,2,7-8H2,1H3,(H2,11,14,15). The fourth-order valence-corrected chi connectivity index (χ4v) is 2.65. The van der Waals surface area contributed by atoms with Gasteiger partial charge in [-0.2, -0.15) is 0 Å². The van der Waals surface area contributed by atoms with Crippen LogP contribution in [0.2, 0.25) is 0 Å². The third-order valence-electron chi connectivity index (χ3n) is 2.37. The van der Waals surface area contributed by atoms with Crippen LogP contribution in [0, 0.1) is 0 Å². The summed E-state index contributed by atoms with van der Waals surface area (Å²) < 4.78 is 46.6. The molecule has 1 aromatic carbocycles. The summed E-state index contributed by atoms with van der Waals surface area (Å²) in [5, 5.41) is 7.85. The second-order valence-corrected chi connectivity index (χ2v) is 7.50. The summed E-state index contributed by atoms with van der Waals surface area (Å²) in [5.41, 5.74) is 0.712. The molecule has 7 nitrogen and oxygen atoms in total. The number of hydrogen-bond donors (Lipinski definition) is 3. The van der Waals surface area contributed by atoms with Gasteiger partial charge in [0, 0.05) is 12.2 Å². The molecule has 0 atom stereocenters. The van der Waals surface area contributed by atoms with Crippen LogP contribution in [-0.4, -0.2) is 36.2 Å². The Morgan fingerprint density at radius 1 is 1.11 bits per heavy atom. The maximum Gasteiger partial charge on any atom is 0.240 e. The molecule has 0 fully saturated rings. The highest BCUT2D eigenvalue weighted by Crippen LogP contribution is 2.13. The van der Waals surface area contributed by atoms with Crippen LogP contribution >= 0.6 is 0 Å². The van der Waals surface area contributed by atoms with Crippen LogP contribution in [0.3, 0.4) is 0 Å². The van der Waals surface area contributed by atoms with Gasteiger partial charge in [-0.05, 0) is 37.7 Å². The Morgan fingerprint density at radius 3 is 2.16 bits per heavy atom. The summed E-state index contributed by atoms with van der Waals surface area (Å²) in [4.78, 5) is 0.171. The average Bonchev–Trinajstić information content (AvgIpc) is 2.34. The number of sulfonamides is 2. The summed E-state index contributed by atoms with van der Waals surface area (Å²) in [6.07, 6.45) is 0.384. The lowest BCUT2D eigenvalue weighted by atomic mass is 10.3. The first-order valence-electron chi connectivity index (χ1n) is 5.52. The van der Waals surface area contributed by atoms with Gasteiger partial charge in [0.25, 0.3) is 0 Å². The highest BCUT2D eigenvalue weighted by molar-refractivity contribution is 7.89. The van der Waals surface area contributed by atoms with Crippen LogP contribution < -0.4 is 15.2 Å². The Kier molecular flexibility index (Phi) is 5.29. The summed E-state index contributed by atoms with van der Waals surface area (Å²) in [6, 6.07) is 6.16. The van der Waals surface area contributed by atoms with Gasteiger partial charge in [-0.25, -0.2) is 26.7 Å². The van der Waals surface area contributed by atoms with Gasteiger partial charge in [-0.3, -0.25) is 0 Å². The molecule has 4 N–H and O–H groups in total. The van der Waals surface area contributed by atoms with Crippen molar-refractivity contribution in [3.63, 3.8) is 0 Å². The van der Waals surface area contributed by atoms with Crippen LogP contribution in [0.25, 0.3) is 0 Å². The lowest BCUT2D eigenvalue weighted by molar-refractivity contribution is 0.588. The second-order valence-electron chi connectivity index (χ2n) is 3.88. The number of anilines is 1. The molecule has 0 bridgehead atoms. The molecule has 0 heterocycles. The fraction of sp³-hybridized carbons (Fsp3) is 0.400. The Morgan fingerprint density at radius 2 is 1.68 bits per heavy atom. The molecule has 108 valence electrons. The molecular formula is C10H17N3O4S2. The zero-order valence-corrected chi connectivity index (χ0v) is 12.1. The van der Waals surface area contributed by atoms with Gasteiger partial charge < -0.3 is 5.32 Å². The van der Waals surface area contributed by atoms with Crippen molar-refractivity contribution in [3.8, 4) is 0 Å². The largest absolute Gasteiger partial charge is 0.385 e. The summed E-state index contributed by atoms with van der Waals surface area (Å²) in [5.74, 6) is -0.0911. The predicted molar refractivity (Wildman–Crippen MR) is 73.8 cm³/mol. The van der Waals surface area contributed by atoms with E-state index in [1.807, 2.05) is 0 Å². The topological polar surface area (TPSA) is 118 Å². The third-order valence-corrected chi connectivity index (χ3v) is 4.66. The van der Waals surface area contributed by atoms with E-state index in [2.05, 4.69) is 10.0 Å². The Labute approximate surface area is 113 Å². The number of hydrogen-bond acceptors (Lipinski definition) is 5. The number of nitrogens with one attached hydrogen (secondary N) is 2. The monoisotopic (exact) mass is 307 g/mol. The molecular weight excluding hydrogens is 290 g/mol. The molecule has 0 spiro atoms. The van der Waals surface area contributed by atoms with E-state index in [1.54, 1.807) is 12.1 Å². The predicted octanol–water partition coefficient (Wildman–Crippen LogP) is -0.315. The van der Waals surface area contributed by atoms with Crippen molar-refractivity contribution in [1.29, 1.82) is 0 Å². The van der Waals surface area contributed by atoms with Crippen molar-refractivity contribution in [2.24, 2.45) is 5.14 Å². The van der Waals surface area contributed by atoms with Gasteiger partial charge in [0.1, 0.15) is 0 Å². The molecule has 0 unspecified atom stereocenters. The summed E-state index contributed by atoms with van der Waals surface area (Å²) >= 11 is 0. The van der Waals surface area contributed by atoms with Crippen molar-refractivity contribution in [2.75, 3.05) is 24.7 Å². The first-order valence-corrected chi connectivity index (χ1v) is 8.72.